The monoisotopic (exact) mass is 308 g/mol. The molecule has 2 aromatic rings. The topological polar surface area (TPSA) is 68.9 Å². The predicted octanol–water partition coefficient (Wildman–Crippen LogP) is 1.94. The highest BCUT2D eigenvalue weighted by molar-refractivity contribution is 5.56. The molecule has 23 heavy (non-hydrogen) atoms. The molecule has 1 saturated heterocycles. The lowest BCUT2D eigenvalue weighted by atomic mass is 10.1. The number of nitriles is 1. The molecular weight excluding hydrogens is 288 g/mol. The molecule has 6 heteroatoms. The third-order valence-electron chi connectivity index (χ3n) is 4.28. The zero-order valence-electron chi connectivity index (χ0n) is 13.5. The number of aromatic nitrogens is 3. The first kappa shape index (κ1) is 15.2. The Kier molecular flexibility index (Phi) is 4.38. The van der Waals surface area contributed by atoms with Gasteiger partial charge in [-0.05, 0) is 25.5 Å². The Morgan fingerprint density at radius 3 is 2.43 bits per heavy atom. The van der Waals surface area contributed by atoms with E-state index in [-0.39, 0.29) is 0 Å². The summed E-state index contributed by atoms with van der Waals surface area (Å²) in [7, 11) is 0. The molecule has 1 aliphatic rings. The molecule has 0 atom stereocenters. The molecule has 0 bridgehead atoms. The minimum atomic E-state index is 0.632. The second-order valence-electron chi connectivity index (χ2n) is 5.58. The van der Waals surface area contributed by atoms with Crippen LogP contribution < -0.4 is 9.80 Å². The van der Waals surface area contributed by atoms with Crippen LogP contribution in [0.5, 0.6) is 0 Å². The summed E-state index contributed by atoms with van der Waals surface area (Å²) in [6, 6.07) is 5.84. The predicted molar refractivity (Wildman–Crippen MR) is 89.5 cm³/mol. The first-order valence-electron chi connectivity index (χ1n) is 7.90. The Bertz CT molecular complexity index is 728. The molecule has 1 fully saturated rings. The fourth-order valence-corrected chi connectivity index (χ4v) is 3.04. The highest BCUT2D eigenvalue weighted by Crippen LogP contribution is 2.24. The zero-order valence-corrected chi connectivity index (χ0v) is 13.5. The highest BCUT2D eigenvalue weighted by atomic mass is 15.3. The number of aryl methyl sites for hydroxylation is 1. The van der Waals surface area contributed by atoms with Crippen molar-refractivity contribution in [2.24, 2.45) is 0 Å². The summed E-state index contributed by atoms with van der Waals surface area (Å²) < 4.78 is 0. The second kappa shape index (κ2) is 6.61. The van der Waals surface area contributed by atoms with Crippen molar-refractivity contribution in [2.75, 3.05) is 36.0 Å². The molecule has 0 aliphatic carbocycles. The van der Waals surface area contributed by atoms with Crippen LogP contribution in [0.4, 0.5) is 11.6 Å². The second-order valence-corrected chi connectivity index (χ2v) is 5.58. The van der Waals surface area contributed by atoms with E-state index in [1.54, 1.807) is 18.6 Å². The van der Waals surface area contributed by atoms with Crippen molar-refractivity contribution in [3.8, 4) is 6.07 Å². The Morgan fingerprint density at radius 1 is 1.09 bits per heavy atom. The van der Waals surface area contributed by atoms with Crippen LogP contribution in [0.1, 0.15) is 23.7 Å². The zero-order chi connectivity index (χ0) is 16.2. The minimum absolute atomic E-state index is 0.632. The van der Waals surface area contributed by atoms with Gasteiger partial charge in [-0.1, -0.05) is 6.92 Å². The summed E-state index contributed by atoms with van der Waals surface area (Å²) in [4.78, 5) is 17.6. The number of pyridine rings is 1. The van der Waals surface area contributed by atoms with Crippen LogP contribution in [-0.2, 0) is 6.42 Å². The lowest BCUT2D eigenvalue weighted by molar-refractivity contribution is 0.637. The normalized spacial score (nSPS) is 14.7. The number of hydrogen-bond donors (Lipinski definition) is 0. The van der Waals surface area contributed by atoms with Crippen LogP contribution in [0, 0.1) is 18.3 Å². The molecule has 0 spiro atoms. The van der Waals surface area contributed by atoms with Gasteiger partial charge in [0.15, 0.2) is 0 Å². The van der Waals surface area contributed by atoms with Gasteiger partial charge in [0.2, 0.25) is 0 Å². The van der Waals surface area contributed by atoms with Crippen LogP contribution in [0.3, 0.4) is 0 Å². The Labute approximate surface area is 136 Å². The minimum Gasteiger partial charge on any atom is -0.353 e. The lowest BCUT2D eigenvalue weighted by Crippen LogP contribution is -2.47. The number of rotatable bonds is 3. The average molecular weight is 308 g/mol. The number of anilines is 2. The third kappa shape index (κ3) is 2.95. The van der Waals surface area contributed by atoms with Gasteiger partial charge in [0.05, 0.1) is 5.56 Å². The van der Waals surface area contributed by atoms with Crippen molar-refractivity contribution in [1.82, 2.24) is 15.0 Å². The van der Waals surface area contributed by atoms with Gasteiger partial charge in [-0.15, -0.1) is 0 Å². The Morgan fingerprint density at radius 2 is 1.78 bits per heavy atom. The molecular formula is C17H20N6. The molecule has 0 aromatic carbocycles. The van der Waals surface area contributed by atoms with E-state index in [1.807, 2.05) is 13.0 Å². The first-order chi connectivity index (χ1) is 11.2. The average Bonchev–Trinajstić information content (AvgIpc) is 2.61. The Hall–Kier alpha value is -2.68. The maximum absolute atomic E-state index is 9.23. The summed E-state index contributed by atoms with van der Waals surface area (Å²) >= 11 is 0. The molecule has 0 saturated carbocycles. The van der Waals surface area contributed by atoms with Crippen molar-refractivity contribution < 1.29 is 0 Å². The standard InChI is InChI=1S/C17H20N6/c1-3-15-13(2)20-12-21-17(15)23-9-7-22(8-10-23)16-14(11-18)5-4-6-19-16/h4-6,12H,3,7-10H2,1-2H3. The molecule has 118 valence electrons. The van der Waals surface area contributed by atoms with E-state index in [4.69, 9.17) is 0 Å². The van der Waals surface area contributed by atoms with Gasteiger partial charge < -0.3 is 9.80 Å². The maximum Gasteiger partial charge on any atom is 0.146 e. The number of nitrogens with zero attached hydrogens (tertiary/aromatic N) is 6. The molecule has 0 N–H and O–H groups in total. The summed E-state index contributed by atoms with van der Waals surface area (Å²) in [6.07, 6.45) is 4.31. The molecule has 0 radical (unpaired) electrons. The van der Waals surface area contributed by atoms with Gasteiger partial charge in [-0.25, -0.2) is 15.0 Å². The van der Waals surface area contributed by atoms with E-state index >= 15 is 0 Å². The van der Waals surface area contributed by atoms with Crippen LogP contribution in [0.2, 0.25) is 0 Å². The number of piperazine rings is 1. The number of hydrogen-bond acceptors (Lipinski definition) is 6. The quantitative estimate of drug-likeness (QED) is 0.863. The van der Waals surface area contributed by atoms with Gasteiger partial charge in [0.25, 0.3) is 0 Å². The Balaban J connectivity index is 1.77. The van der Waals surface area contributed by atoms with Crippen LogP contribution in [0.25, 0.3) is 0 Å². The SMILES string of the molecule is CCc1c(C)ncnc1N1CCN(c2ncccc2C#N)CC1. The van der Waals surface area contributed by atoms with Crippen LogP contribution in [0.15, 0.2) is 24.7 Å². The first-order valence-corrected chi connectivity index (χ1v) is 7.90. The summed E-state index contributed by atoms with van der Waals surface area (Å²) in [5.41, 5.74) is 2.90. The fraction of sp³-hybridized carbons (Fsp3) is 0.412. The highest BCUT2D eigenvalue weighted by Gasteiger charge is 2.22. The third-order valence-corrected chi connectivity index (χ3v) is 4.28. The van der Waals surface area contributed by atoms with Gasteiger partial charge in [-0.3, -0.25) is 0 Å². The van der Waals surface area contributed by atoms with Crippen molar-refractivity contribution in [3.63, 3.8) is 0 Å². The van der Waals surface area contributed by atoms with E-state index in [0.29, 0.717) is 5.56 Å². The van der Waals surface area contributed by atoms with Crippen molar-refractivity contribution in [1.29, 1.82) is 5.26 Å². The van der Waals surface area contributed by atoms with Crippen molar-refractivity contribution in [2.45, 2.75) is 20.3 Å². The van der Waals surface area contributed by atoms with E-state index in [2.05, 4.69) is 37.7 Å². The van der Waals surface area contributed by atoms with Gasteiger partial charge >= 0.3 is 0 Å². The van der Waals surface area contributed by atoms with E-state index in [9.17, 15) is 5.26 Å². The van der Waals surface area contributed by atoms with Gasteiger partial charge in [-0.2, -0.15) is 5.26 Å². The largest absolute Gasteiger partial charge is 0.353 e. The maximum atomic E-state index is 9.23. The summed E-state index contributed by atoms with van der Waals surface area (Å²) in [5.74, 6) is 1.82. The van der Waals surface area contributed by atoms with Crippen molar-refractivity contribution in [3.05, 3.63) is 41.5 Å². The summed E-state index contributed by atoms with van der Waals surface area (Å²) in [5, 5.41) is 9.23. The molecule has 3 heterocycles. The van der Waals surface area contributed by atoms with E-state index < -0.39 is 0 Å². The van der Waals surface area contributed by atoms with Crippen molar-refractivity contribution >= 4 is 11.6 Å². The molecule has 3 rings (SSSR count). The molecule has 2 aromatic heterocycles. The van der Waals surface area contributed by atoms with E-state index in [1.165, 1.54) is 5.56 Å². The molecule has 1 aliphatic heterocycles. The molecule has 6 nitrogen and oxygen atoms in total. The molecule has 0 amide bonds. The lowest BCUT2D eigenvalue weighted by Gasteiger charge is -2.37. The van der Waals surface area contributed by atoms with Crippen LogP contribution >= 0.6 is 0 Å². The fourth-order valence-electron chi connectivity index (χ4n) is 3.04. The van der Waals surface area contributed by atoms with Crippen LogP contribution in [-0.4, -0.2) is 41.1 Å². The van der Waals surface area contributed by atoms with Gasteiger partial charge in [0, 0.05) is 43.6 Å². The van der Waals surface area contributed by atoms with Gasteiger partial charge in [0.1, 0.15) is 24.0 Å². The molecule has 0 unspecified atom stereocenters. The summed E-state index contributed by atoms with van der Waals surface area (Å²) in [6.45, 7) is 7.57. The van der Waals surface area contributed by atoms with E-state index in [0.717, 1.165) is 49.9 Å². The smallest absolute Gasteiger partial charge is 0.146 e.